The van der Waals surface area contributed by atoms with Crippen molar-refractivity contribution >= 4 is 17.9 Å². The first kappa shape index (κ1) is 18.2. The molecule has 0 spiro atoms. The van der Waals surface area contributed by atoms with Crippen molar-refractivity contribution in [1.82, 2.24) is 5.32 Å². The van der Waals surface area contributed by atoms with E-state index >= 15 is 0 Å². The number of hydrogen-bond acceptors (Lipinski definition) is 3. The summed E-state index contributed by atoms with van der Waals surface area (Å²) in [5, 5.41) is 2.76. The first-order valence-corrected chi connectivity index (χ1v) is 7.74. The topological polar surface area (TPSA) is 81.4 Å². The Bertz CT molecular complexity index is 740. The Hall–Kier alpha value is -3.15. The fourth-order valence-electron chi connectivity index (χ4n) is 2.04. The maximum atomic E-state index is 12.8. The number of carbonyl (C=O) groups excluding carboxylic acids is 2. The first-order chi connectivity index (χ1) is 12.0. The zero-order valence-corrected chi connectivity index (χ0v) is 13.6. The van der Waals surface area contributed by atoms with Crippen LogP contribution in [0.15, 0.2) is 54.6 Å². The first-order valence-electron chi connectivity index (χ1n) is 7.74. The number of nitrogens with two attached hydrogens (primary N) is 1. The van der Waals surface area contributed by atoms with Gasteiger partial charge in [0.2, 0.25) is 5.91 Å². The van der Waals surface area contributed by atoms with Crippen LogP contribution in [-0.2, 0) is 16.0 Å². The molecule has 0 unspecified atom stereocenters. The highest BCUT2D eigenvalue weighted by Gasteiger charge is 1.99. The molecule has 5 nitrogen and oxygen atoms in total. The maximum Gasteiger partial charge on any atom is 0.255 e. The van der Waals surface area contributed by atoms with Crippen LogP contribution in [0.25, 0.3) is 6.08 Å². The standard InChI is InChI=1S/C19H19FN2O3/c20-16-6-1-15(2-7-16)11-12-22-19(24)10-5-14-3-8-17(9-4-14)25-13-18(21)23/h1-10H,11-13H2,(H2,21,23)(H,22,24)/b10-5+. The Kier molecular flexibility index (Phi) is 6.71. The highest BCUT2D eigenvalue weighted by molar-refractivity contribution is 5.91. The number of rotatable bonds is 8. The number of ether oxygens (including phenoxy) is 1. The molecular formula is C19H19FN2O3. The SMILES string of the molecule is NC(=O)COc1ccc(/C=C/C(=O)NCCc2ccc(F)cc2)cc1. The van der Waals surface area contributed by atoms with Gasteiger partial charge in [0, 0.05) is 12.6 Å². The largest absolute Gasteiger partial charge is 0.484 e. The molecule has 130 valence electrons. The fourth-order valence-corrected chi connectivity index (χ4v) is 2.04. The summed E-state index contributed by atoms with van der Waals surface area (Å²) in [6.45, 7) is 0.292. The molecule has 0 fully saturated rings. The second-order valence-corrected chi connectivity index (χ2v) is 5.32. The van der Waals surface area contributed by atoms with E-state index in [1.807, 2.05) is 0 Å². The minimum atomic E-state index is -0.540. The van der Waals surface area contributed by atoms with Gasteiger partial charge in [0.15, 0.2) is 6.61 Å². The van der Waals surface area contributed by atoms with Crippen molar-refractivity contribution in [3.8, 4) is 5.75 Å². The molecule has 0 heterocycles. The van der Waals surface area contributed by atoms with E-state index in [0.29, 0.717) is 18.7 Å². The van der Waals surface area contributed by atoms with Gasteiger partial charge < -0.3 is 15.8 Å². The van der Waals surface area contributed by atoms with Crippen molar-refractivity contribution < 1.29 is 18.7 Å². The van der Waals surface area contributed by atoms with Gasteiger partial charge in [-0.2, -0.15) is 0 Å². The third kappa shape index (κ3) is 6.87. The van der Waals surface area contributed by atoms with E-state index in [1.165, 1.54) is 18.2 Å². The number of carbonyl (C=O) groups is 2. The van der Waals surface area contributed by atoms with Gasteiger partial charge in [-0.15, -0.1) is 0 Å². The Morgan fingerprint density at radius 2 is 1.76 bits per heavy atom. The summed E-state index contributed by atoms with van der Waals surface area (Å²) in [7, 11) is 0. The minimum absolute atomic E-state index is 0.175. The van der Waals surface area contributed by atoms with Crippen molar-refractivity contribution in [3.05, 3.63) is 71.6 Å². The minimum Gasteiger partial charge on any atom is -0.484 e. The van der Waals surface area contributed by atoms with Gasteiger partial charge >= 0.3 is 0 Å². The third-order valence-electron chi connectivity index (χ3n) is 3.31. The fraction of sp³-hybridized carbons (Fsp3) is 0.158. The van der Waals surface area contributed by atoms with Gasteiger partial charge in [0.05, 0.1) is 0 Å². The van der Waals surface area contributed by atoms with Crippen LogP contribution in [0.5, 0.6) is 5.75 Å². The Balaban J connectivity index is 1.75. The second kappa shape index (κ2) is 9.22. The molecule has 0 radical (unpaired) electrons. The van der Waals surface area contributed by atoms with Crippen LogP contribution < -0.4 is 15.8 Å². The van der Waals surface area contributed by atoms with E-state index in [2.05, 4.69) is 5.32 Å². The molecule has 0 bridgehead atoms. The van der Waals surface area contributed by atoms with E-state index in [0.717, 1.165) is 11.1 Å². The average Bonchev–Trinajstić information content (AvgIpc) is 2.61. The van der Waals surface area contributed by atoms with E-state index in [9.17, 15) is 14.0 Å². The van der Waals surface area contributed by atoms with Crippen molar-refractivity contribution in [2.45, 2.75) is 6.42 Å². The van der Waals surface area contributed by atoms with Gasteiger partial charge in [-0.1, -0.05) is 24.3 Å². The molecule has 2 amide bonds. The Morgan fingerprint density at radius 1 is 1.08 bits per heavy atom. The normalized spacial score (nSPS) is 10.6. The molecule has 25 heavy (non-hydrogen) atoms. The van der Waals surface area contributed by atoms with E-state index in [1.54, 1.807) is 42.5 Å². The Labute approximate surface area is 145 Å². The molecule has 3 N–H and O–H groups in total. The lowest BCUT2D eigenvalue weighted by Crippen LogP contribution is -2.23. The van der Waals surface area contributed by atoms with Gasteiger partial charge in [0.25, 0.3) is 5.91 Å². The number of halogens is 1. The van der Waals surface area contributed by atoms with Gasteiger partial charge in [0.1, 0.15) is 11.6 Å². The summed E-state index contributed by atoms with van der Waals surface area (Å²) < 4.78 is 17.9. The lowest BCUT2D eigenvalue weighted by atomic mass is 10.1. The summed E-state index contributed by atoms with van der Waals surface area (Å²) in [6, 6.07) is 13.1. The van der Waals surface area contributed by atoms with Crippen molar-refractivity contribution in [1.29, 1.82) is 0 Å². The van der Waals surface area contributed by atoms with Crippen LogP contribution in [0, 0.1) is 5.82 Å². The van der Waals surface area contributed by atoms with Crippen molar-refractivity contribution in [3.63, 3.8) is 0 Å². The van der Waals surface area contributed by atoms with Gasteiger partial charge in [-0.3, -0.25) is 9.59 Å². The lowest BCUT2D eigenvalue weighted by Gasteiger charge is -2.04. The average molecular weight is 342 g/mol. The van der Waals surface area contributed by atoms with Crippen LogP contribution in [0.2, 0.25) is 0 Å². The van der Waals surface area contributed by atoms with Gasteiger partial charge in [-0.05, 0) is 47.9 Å². The van der Waals surface area contributed by atoms with Crippen LogP contribution in [0.3, 0.4) is 0 Å². The predicted molar refractivity (Wildman–Crippen MR) is 93.3 cm³/mol. The number of primary amides is 1. The second-order valence-electron chi connectivity index (χ2n) is 5.32. The zero-order chi connectivity index (χ0) is 18.1. The molecule has 0 aliphatic rings. The van der Waals surface area contributed by atoms with Crippen molar-refractivity contribution in [2.24, 2.45) is 5.73 Å². The molecular weight excluding hydrogens is 323 g/mol. The van der Waals surface area contributed by atoms with Crippen LogP contribution in [0.1, 0.15) is 11.1 Å². The summed E-state index contributed by atoms with van der Waals surface area (Å²) in [5.74, 6) is -0.501. The number of hydrogen-bond donors (Lipinski definition) is 2. The van der Waals surface area contributed by atoms with E-state index in [4.69, 9.17) is 10.5 Å². The van der Waals surface area contributed by atoms with Crippen LogP contribution in [-0.4, -0.2) is 25.0 Å². The molecule has 0 aromatic heterocycles. The van der Waals surface area contributed by atoms with Crippen LogP contribution >= 0.6 is 0 Å². The molecule has 2 rings (SSSR count). The molecule has 0 saturated carbocycles. The molecule has 0 aliphatic heterocycles. The summed E-state index contributed by atoms with van der Waals surface area (Å²) in [5.41, 5.74) is 6.77. The van der Waals surface area contributed by atoms with E-state index in [-0.39, 0.29) is 18.3 Å². The number of nitrogens with one attached hydrogen (secondary N) is 1. The summed E-state index contributed by atoms with van der Waals surface area (Å²) in [6.07, 6.45) is 3.74. The maximum absolute atomic E-state index is 12.8. The third-order valence-corrected chi connectivity index (χ3v) is 3.31. The molecule has 2 aromatic rings. The highest BCUT2D eigenvalue weighted by atomic mass is 19.1. The molecule has 0 atom stereocenters. The molecule has 0 saturated heterocycles. The highest BCUT2D eigenvalue weighted by Crippen LogP contribution is 2.13. The predicted octanol–water partition coefficient (Wildman–Crippen LogP) is 2.06. The quantitative estimate of drug-likeness (QED) is 0.721. The zero-order valence-electron chi connectivity index (χ0n) is 13.6. The monoisotopic (exact) mass is 342 g/mol. The number of benzene rings is 2. The lowest BCUT2D eigenvalue weighted by molar-refractivity contribution is -0.120. The molecule has 2 aromatic carbocycles. The van der Waals surface area contributed by atoms with E-state index < -0.39 is 5.91 Å². The van der Waals surface area contributed by atoms with Gasteiger partial charge in [-0.25, -0.2) is 4.39 Å². The number of amides is 2. The summed E-state index contributed by atoms with van der Waals surface area (Å²) >= 11 is 0. The smallest absolute Gasteiger partial charge is 0.255 e. The molecule has 6 heteroatoms. The Morgan fingerprint density at radius 3 is 2.40 bits per heavy atom. The van der Waals surface area contributed by atoms with Crippen molar-refractivity contribution in [2.75, 3.05) is 13.2 Å². The van der Waals surface area contributed by atoms with Crippen LogP contribution in [0.4, 0.5) is 4.39 Å². The summed E-state index contributed by atoms with van der Waals surface area (Å²) in [4.78, 5) is 22.4. The molecule has 0 aliphatic carbocycles.